The summed E-state index contributed by atoms with van der Waals surface area (Å²) in [6, 6.07) is 16.5. The third-order valence-electron chi connectivity index (χ3n) is 8.50. The molecule has 0 saturated heterocycles. The third-order valence-corrected chi connectivity index (χ3v) is 8.50. The Morgan fingerprint density at radius 3 is 1.13 bits per heavy atom. The third kappa shape index (κ3) is 11.1. The van der Waals surface area contributed by atoms with E-state index in [1.54, 1.807) is 0 Å². The molecule has 0 aliphatic rings. The molecule has 3 aromatic carbocycles. The molecule has 0 aliphatic heterocycles. The molecule has 0 saturated carbocycles. The van der Waals surface area contributed by atoms with Crippen molar-refractivity contribution in [1.29, 1.82) is 0 Å². The average molecular weight is 684 g/mol. The first-order valence-electron chi connectivity index (χ1n) is 17.0. The van der Waals surface area contributed by atoms with Crippen molar-refractivity contribution >= 4 is 22.8 Å². The maximum Gasteiger partial charge on any atom is 2.00 e. The molecule has 0 bridgehead atoms. The van der Waals surface area contributed by atoms with E-state index in [1.165, 1.54) is 28.3 Å². The van der Waals surface area contributed by atoms with E-state index < -0.39 is 5.75 Å². The molecule has 0 fully saturated rings. The van der Waals surface area contributed by atoms with Gasteiger partial charge in [-0.2, -0.15) is 0 Å². The number of hydrogen-bond acceptors (Lipinski definition) is 4. The zero-order valence-corrected chi connectivity index (χ0v) is 32.9. The van der Waals surface area contributed by atoms with Gasteiger partial charge in [-0.05, 0) is 76.2 Å². The summed E-state index contributed by atoms with van der Waals surface area (Å²) in [6.45, 7) is 34.1. The Bertz CT molecular complexity index is 1420. The first-order valence-corrected chi connectivity index (χ1v) is 17.0. The molecule has 5 heteroatoms. The van der Waals surface area contributed by atoms with Crippen LogP contribution >= 0.6 is 0 Å². The van der Waals surface area contributed by atoms with Gasteiger partial charge in [-0.3, -0.25) is 9.98 Å². The smallest absolute Gasteiger partial charge is 0.873 e. The van der Waals surface area contributed by atoms with Gasteiger partial charge in [0.1, 0.15) is 0 Å². The van der Waals surface area contributed by atoms with E-state index in [1.807, 2.05) is 47.6 Å². The Labute approximate surface area is 297 Å². The van der Waals surface area contributed by atoms with Crippen LogP contribution in [-0.4, -0.2) is 11.4 Å². The second-order valence-electron chi connectivity index (χ2n) is 15.9. The predicted molar refractivity (Wildman–Crippen MR) is 198 cm³/mol. The van der Waals surface area contributed by atoms with Crippen LogP contribution in [0.4, 0.5) is 11.4 Å². The summed E-state index contributed by atoms with van der Waals surface area (Å²) in [5.74, 6) is 0.977. The zero-order chi connectivity index (χ0) is 35.3. The fraction of sp³-hybridized carbons (Fsp3) is 0.524. The zero-order valence-electron chi connectivity index (χ0n) is 32.0. The van der Waals surface area contributed by atoms with Crippen molar-refractivity contribution in [1.82, 2.24) is 0 Å². The minimum atomic E-state index is -0.391. The van der Waals surface area contributed by atoms with Crippen LogP contribution in [-0.2, 0) is 27.3 Å². The maximum absolute atomic E-state index is 11.8. The standard InChI is InChI=1S/C28H40N2.C14H22O2.Ni/c1-17(2)23-13-11-14-24(18(3)4)27(23)29-21(9)22(10)30-28-25(19(5)6)15-12-16-26(28)20(7)8;1-13(2,3)9-7-10(14(4,5)6)12(16)11(15)8-9;/h11-20H,1-10H3;7-8,15-16H,1-6H3;/q;;+2/p-2. The number of benzene rings is 3. The van der Waals surface area contributed by atoms with Gasteiger partial charge >= 0.3 is 16.5 Å². The normalized spacial score (nSPS) is 12.9. The van der Waals surface area contributed by atoms with Gasteiger partial charge < -0.3 is 10.2 Å². The first kappa shape index (κ1) is 42.1. The number of aliphatic imine (C=N–C) groups is 2. The van der Waals surface area contributed by atoms with Crippen LogP contribution in [0.15, 0.2) is 58.5 Å². The van der Waals surface area contributed by atoms with Crippen molar-refractivity contribution in [3.8, 4) is 11.5 Å². The summed E-state index contributed by atoms with van der Waals surface area (Å²) in [6.07, 6.45) is 0. The molecule has 3 aromatic rings. The molecule has 260 valence electrons. The molecule has 0 N–H and O–H groups in total. The van der Waals surface area contributed by atoms with Gasteiger partial charge in [0.15, 0.2) is 0 Å². The Morgan fingerprint density at radius 2 is 0.872 bits per heavy atom. The number of para-hydroxylation sites is 2. The molecule has 0 amide bonds. The van der Waals surface area contributed by atoms with E-state index in [4.69, 9.17) is 9.98 Å². The van der Waals surface area contributed by atoms with E-state index in [0.29, 0.717) is 29.2 Å². The van der Waals surface area contributed by atoms with Crippen LogP contribution in [0.3, 0.4) is 0 Å². The largest absolute Gasteiger partial charge is 2.00 e. The Hall–Kier alpha value is -2.91. The topological polar surface area (TPSA) is 70.8 Å². The molecule has 0 aromatic heterocycles. The molecule has 3 rings (SSSR count). The molecule has 0 aliphatic carbocycles. The van der Waals surface area contributed by atoms with Gasteiger partial charge in [0.05, 0.1) is 22.8 Å². The van der Waals surface area contributed by atoms with Crippen LogP contribution < -0.4 is 10.2 Å². The minimum Gasteiger partial charge on any atom is -0.873 e. The van der Waals surface area contributed by atoms with Gasteiger partial charge in [0.2, 0.25) is 0 Å². The molecule has 0 unspecified atom stereocenters. The summed E-state index contributed by atoms with van der Waals surface area (Å²) in [4.78, 5) is 10.3. The SMILES string of the molecule is CC(=Nc1c(C(C)C)cccc1C(C)C)C(C)=Nc1c(C(C)C)cccc1C(C)C.CC(C)(C)c1cc([O-])c([O-])c(C(C)(C)C)c1.[Ni+2]. The number of nitrogens with zero attached hydrogens (tertiary/aromatic N) is 2. The van der Waals surface area contributed by atoms with E-state index in [0.717, 1.165) is 28.4 Å². The summed E-state index contributed by atoms with van der Waals surface area (Å²) >= 11 is 0. The fourth-order valence-electron chi connectivity index (χ4n) is 5.37. The summed E-state index contributed by atoms with van der Waals surface area (Å²) < 4.78 is 0. The quantitative estimate of drug-likeness (QED) is 0.184. The van der Waals surface area contributed by atoms with Crippen molar-refractivity contribution in [3.63, 3.8) is 0 Å². The summed E-state index contributed by atoms with van der Waals surface area (Å²) in [7, 11) is 0. The second-order valence-corrected chi connectivity index (χ2v) is 15.9. The molecule has 4 nitrogen and oxygen atoms in total. The molecule has 0 radical (unpaired) electrons. The Balaban J connectivity index is 0.000000550. The van der Waals surface area contributed by atoms with E-state index >= 15 is 0 Å². The predicted octanol–water partition coefficient (Wildman–Crippen LogP) is 11.5. The van der Waals surface area contributed by atoms with Gasteiger partial charge in [-0.1, -0.05) is 151 Å². The minimum absolute atomic E-state index is 0. The van der Waals surface area contributed by atoms with E-state index in [9.17, 15) is 10.2 Å². The van der Waals surface area contributed by atoms with Crippen LogP contribution in [0.25, 0.3) is 0 Å². The van der Waals surface area contributed by atoms with Gasteiger partial charge in [0.25, 0.3) is 0 Å². The van der Waals surface area contributed by atoms with Crippen LogP contribution in [0.2, 0.25) is 0 Å². The molecule has 47 heavy (non-hydrogen) atoms. The second kappa shape index (κ2) is 17.0. The molecule has 0 heterocycles. The molecular formula is C42H60N2NiO2. The van der Waals surface area contributed by atoms with Gasteiger partial charge in [0, 0.05) is 0 Å². The van der Waals surface area contributed by atoms with Crippen LogP contribution in [0.1, 0.15) is 168 Å². The fourth-order valence-corrected chi connectivity index (χ4v) is 5.37. The van der Waals surface area contributed by atoms with Crippen molar-refractivity contribution in [2.45, 2.75) is 145 Å². The Kier molecular flexibility index (Phi) is 15.2. The van der Waals surface area contributed by atoms with Crippen LogP contribution in [0, 0.1) is 0 Å². The monoisotopic (exact) mass is 682 g/mol. The summed E-state index contributed by atoms with van der Waals surface area (Å²) in [5, 5.41) is 23.4. The van der Waals surface area contributed by atoms with E-state index in [2.05, 4.69) is 106 Å². The molecule has 0 atom stereocenters. The first-order chi connectivity index (χ1) is 21.1. The number of rotatable bonds is 7. The van der Waals surface area contributed by atoms with Crippen molar-refractivity contribution in [2.75, 3.05) is 0 Å². The van der Waals surface area contributed by atoms with Crippen molar-refractivity contribution in [3.05, 3.63) is 81.9 Å². The van der Waals surface area contributed by atoms with Crippen molar-refractivity contribution in [2.24, 2.45) is 9.98 Å². The van der Waals surface area contributed by atoms with Gasteiger partial charge in [-0.25, -0.2) is 0 Å². The number of hydrogen-bond donors (Lipinski definition) is 0. The average Bonchev–Trinajstić information content (AvgIpc) is 2.93. The van der Waals surface area contributed by atoms with Crippen molar-refractivity contribution < 1.29 is 26.7 Å². The Morgan fingerprint density at radius 1 is 0.553 bits per heavy atom. The van der Waals surface area contributed by atoms with Crippen LogP contribution in [0.5, 0.6) is 11.5 Å². The van der Waals surface area contributed by atoms with Gasteiger partial charge in [-0.15, -0.1) is 11.5 Å². The summed E-state index contributed by atoms with van der Waals surface area (Å²) in [5.41, 5.74) is 10.6. The molecular weight excluding hydrogens is 623 g/mol. The molecule has 0 spiro atoms. The maximum atomic E-state index is 11.8. The van der Waals surface area contributed by atoms with E-state index in [-0.39, 0.29) is 33.1 Å².